The second kappa shape index (κ2) is 2.17. The molecule has 0 aliphatic rings. The molecule has 0 saturated heterocycles. The van der Waals surface area contributed by atoms with Crippen LogP contribution in [0.5, 0.6) is 0 Å². The number of carbonyl (C=O) groups excluding carboxylic acids is 1. The van der Waals surface area contributed by atoms with Gasteiger partial charge < -0.3 is 9.84 Å². The van der Waals surface area contributed by atoms with Crippen molar-refractivity contribution >= 4 is 11.9 Å². The van der Waals surface area contributed by atoms with Gasteiger partial charge in [-0.25, -0.2) is 9.59 Å². The van der Waals surface area contributed by atoms with E-state index in [1.807, 2.05) is 0 Å². The van der Waals surface area contributed by atoms with Gasteiger partial charge in [0.15, 0.2) is 0 Å². The number of esters is 1. The Bertz CT molecular complexity index is 95.1. The molecular weight excluding hydrogens is 100 g/mol. The molecule has 0 atom stereocenters. The summed E-state index contributed by atoms with van der Waals surface area (Å²) in [5.74, 6) is -2.98. The first-order valence-corrected chi connectivity index (χ1v) is 1.37. The second-order valence-electron chi connectivity index (χ2n) is 0.737. The summed E-state index contributed by atoms with van der Waals surface area (Å²) in [6.45, 7) is 0. The van der Waals surface area contributed by atoms with Crippen molar-refractivity contribution in [1.82, 2.24) is 0 Å². The normalized spacial score (nSPS) is 7.57. The summed E-state index contributed by atoms with van der Waals surface area (Å²) in [4.78, 5) is 19.0. The third-order valence-electron chi connectivity index (χ3n) is 0.306. The van der Waals surface area contributed by atoms with E-state index in [9.17, 15) is 9.59 Å². The maximum absolute atomic E-state index is 9.63. The molecular formula is C3H3O4. The Kier molecular flexibility index (Phi) is 1.84. The van der Waals surface area contributed by atoms with Gasteiger partial charge in [0.25, 0.3) is 0 Å². The van der Waals surface area contributed by atoms with Crippen LogP contribution in [0.4, 0.5) is 0 Å². The molecule has 0 heterocycles. The molecule has 7 heavy (non-hydrogen) atoms. The predicted molar refractivity (Wildman–Crippen MR) is 19.1 cm³/mol. The molecule has 39 valence electrons. The molecule has 0 rings (SSSR count). The number of hydrogen-bond donors (Lipinski definition) is 1. The minimum Gasteiger partial charge on any atom is -0.473 e. The summed E-state index contributed by atoms with van der Waals surface area (Å²) in [7, 11) is 2.58. The summed E-state index contributed by atoms with van der Waals surface area (Å²) in [5.41, 5.74) is 0. The number of carboxylic acids is 1. The molecule has 0 aliphatic carbocycles. The molecule has 0 spiro atoms. The van der Waals surface area contributed by atoms with E-state index in [0.29, 0.717) is 0 Å². The number of ether oxygens (including phenoxy) is 1. The van der Waals surface area contributed by atoms with Crippen LogP contribution in [-0.2, 0) is 14.3 Å². The lowest BCUT2D eigenvalue weighted by molar-refractivity contribution is -0.160. The highest BCUT2D eigenvalue weighted by molar-refractivity contribution is 6.28. The zero-order valence-corrected chi connectivity index (χ0v) is 3.38. The topological polar surface area (TPSA) is 63.6 Å². The Morgan fingerprint density at radius 1 is 1.57 bits per heavy atom. The highest BCUT2D eigenvalue weighted by atomic mass is 16.5. The first kappa shape index (κ1) is 5.94. The highest BCUT2D eigenvalue weighted by Gasteiger charge is 2.08. The van der Waals surface area contributed by atoms with Gasteiger partial charge in [-0.2, -0.15) is 0 Å². The number of carboxylic acid groups (broad SMARTS) is 1. The van der Waals surface area contributed by atoms with Crippen LogP contribution < -0.4 is 0 Å². The SMILES string of the molecule is [CH2]OC(=O)C(=O)O. The van der Waals surface area contributed by atoms with Crippen molar-refractivity contribution in [3.8, 4) is 0 Å². The zero-order chi connectivity index (χ0) is 5.86. The van der Waals surface area contributed by atoms with Crippen LogP contribution in [0, 0.1) is 7.11 Å². The van der Waals surface area contributed by atoms with Crippen LogP contribution >= 0.6 is 0 Å². The average Bonchev–Trinajstić information content (AvgIpc) is 1.65. The fourth-order valence-corrected chi connectivity index (χ4v) is 0.0617. The summed E-state index contributed by atoms with van der Waals surface area (Å²) in [6, 6.07) is 0. The number of aliphatic carboxylic acids is 1. The number of carbonyl (C=O) groups is 2. The minimum atomic E-state index is -1.63. The third kappa shape index (κ3) is 1.75. The number of rotatable bonds is 0. The molecule has 0 aliphatic heterocycles. The average molecular weight is 103 g/mol. The summed E-state index contributed by atoms with van der Waals surface area (Å²) >= 11 is 0. The molecule has 4 heteroatoms. The van der Waals surface area contributed by atoms with Gasteiger partial charge in [-0.3, -0.25) is 0 Å². The van der Waals surface area contributed by atoms with Crippen molar-refractivity contribution in [2.24, 2.45) is 0 Å². The third-order valence-corrected chi connectivity index (χ3v) is 0.306. The van der Waals surface area contributed by atoms with Gasteiger partial charge >= 0.3 is 11.9 Å². The lowest BCUT2D eigenvalue weighted by Gasteiger charge is -1.84. The Hall–Kier alpha value is -1.06. The van der Waals surface area contributed by atoms with Crippen molar-refractivity contribution in [3.05, 3.63) is 7.11 Å². The van der Waals surface area contributed by atoms with E-state index in [4.69, 9.17) is 5.11 Å². The first-order valence-electron chi connectivity index (χ1n) is 1.37. The smallest absolute Gasteiger partial charge is 0.417 e. The zero-order valence-electron chi connectivity index (χ0n) is 3.38. The maximum atomic E-state index is 9.63. The van der Waals surface area contributed by atoms with Gasteiger partial charge in [-0.05, 0) is 0 Å². The summed E-state index contributed by atoms with van der Waals surface area (Å²) < 4.78 is 3.52. The van der Waals surface area contributed by atoms with Gasteiger partial charge in [0, 0.05) is 0 Å². The van der Waals surface area contributed by atoms with Crippen molar-refractivity contribution in [3.63, 3.8) is 0 Å². The molecule has 0 unspecified atom stereocenters. The van der Waals surface area contributed by atoms with E-state index in [2.05, 4.69) is 11.8 Å². The van der Waals surface area contributed by atoms with Crippen molar-refractivity contribution in [2.45, 2.75) is 0 Å². The minimum absolute atomic E-state index is 1.35. The van der Waals surface area contributed by atoms with E-state index in [1.165, 1.54) is 0 Å². The van der Waals surface area contributed by atoms with Crippen LogP contribution in [0.1, 0.15) is 0 Å². The molecule has 0 bridgehead atoms. The largest absolute Gasteiger partial charge is 0.473 e. The van der Waals surface area contributed by atoms with Gasteiger partial charge in [0.05, 0.1) is 0 Å². The van der Waals surface area contributed by atoms with Gasteiger partial charge in [-0.1, -0.05) is 0 Å². The maximum Gasteiger partial charge on any atom is 0.417 e. The second-order valence-corrected chi connectivity index (χ2v) is 0.737. The molecule has 0 aromatic carbocycles. The lowest BCUT2D eigenvalue weighted by Crippen LogP contribution is -2.12. The van der Waals surface area contributed by atoms with E-state index in [0.717, 1.165) is 0 Å². The lowest BCUT2D eigenvalue weighted by atomic mass is 10.7. The van der Waals surface area contributed by atoms with Crippen LogP contribution in [0.15, 0.2) is 0 Å². The molecule has 0 saturated carbocycles. The number of hydrogen-bond acceptors (Lipinski definition) is 3. The van der Waals surface area contributed by atoms with Crippen molar-refractivity contribution in [1.29, 1.82) is 0 Å². The van der Waals surface area contributed by atoms with Crippen LogP contribution in [-0.4, -0.2) is 17.0 Å². The molecule has 1 radical (unpaired) electrons. The highest BCUT2D eigenvalue weighted by Crippen LogP contribution is 1.70. The van der Waals surface area contributed by atoms with Crippen molar-refractivity contribution < 1.29 is 19.4 Å². The molecule has 1 N–H and O–H groups in total. The van der Waals surface area contributed by atoms with Crippen LogP contribution in [0.25, 0.3) is 0 Å². The molecule has 4 nitrogen and oxygen atoms in total. The van der Waals surface area contributed by atoms with Crippen LogP contribution in [0.2, 0.25) is 0 Å². The Labute approximate surface area is 39.7 Å². The molecule has 0 amide bonds. The summed E-state index contributed by atoms with van der Waals surface area (Å²) in [5, 5.41) is 7.67. The predicted octanol–water partition coefficient (Wildman–Crippen LogP) is -0.594. The van der Waals surface area contributed by atoms with Crippen molar-refractivity contribution in [2.75, 3.05) is 0 Å². The van der Waals surface area contributed by atoms with E-state index >= 15 is 0 Å². The molecule has 0 aromatic heterocycles. The quantitative estimate of drug-likeness (QED) is 0.328. The Morgan fingerprint density at radius 2 is 2.00 bits per heavy atom. The fraction of sp³-hybridized carbons (Fsp3) is 0. The van der Waals surface area contributed by atoms with Gasteiger partial charge in [0.2, 0.25) is 0 Å². The van der Waals surface area contributed by atoms with Crippen LogP contribution in [0.3, 0.4) is 0 Å². The Morgan fingerprint density at radius 3 is 2.00 bits per heavy atom. The van der Waals surface area contributed by atoms with Gasteiger partial charge in [0.1, 0.15) is 7.11 Å². The molecule has 0 fully saturated rings. The van der Waals surface area contributed by atoms with E-state index in [-0.39, 0.29) is 0 Å². The van der Waals surface area contributed by atoms with E-state index < -0.39 is 11.9 Å². The van der Waals surface area contributed by atoms with Gasteiger partial charge in [-0.15, -0.1) is 0 Å². The standard InChI is InChI=1S/C3H3O4/c1-7-3(6)2(4)5/h1H2,(H,4,5). The van der Waals surface area contributed by atoms with E-state index in [1.54, 1.807) is 0 Å². The fourth-order valence-electron chi connectivity index (χ4n) is 0.0617. The first-order chi connectivity index (χ1) is 3.18. The Balaban J connectivity index is 3.58. The summed E-state index contributed by atoms with van der Waals surface area (Å²) in [6.07, 6.45) is 0. The monoisotopic (exact) mass is 103 g/mol. The molecule has 0 aromatic rings.